The highest BCUT2D eigenvalue weighted by molar-refractivity contribution is 5.66. The highest BCUT2D eigenvalue weighted by Crippen LogP contribution is 2.25. The molecule has 1 fully saturated rings. The molecule has 0 aliphatic carbocycles. The smallest absolute Gasteiger partial charge is 0.407 e. The molecular formula is C7H12N6O3. The molecule has 2 rings (SSSR count). The molecule has 2 atom stereocenters. The molecule has 88 valence electrons. The molecule has 0 radical (unpaired) electrons. The first-order chi connectivity index (χ1) is 7.72. The maximum Gasteiger partial charge on any atom is 0.407 e. The van der Waals surface area contributed by atoms with E-state index in [-0.39, 0.29) is 18.7 Å². The van der Waals surface area contributed by atoms with Gasteiger partial charge in [-0.2, -0.15) is 4.80 Å². The third-order valence-corrected chi connectivity index (χ3v) is 2.62. The lowest BCUT2D eigenvalue weighted by atomic mass is 10.2. The van der Waals surface area contributed by atoms with Gasteiger partial charge in [-0.05, 0) is 11.6 Å². The van der Waals surface area contributed by atoms with E-state index < -0.39 is 6.09 Å². The van der Waals surface area contributed by atoms with Crippen LogP contribution in [0.5, 0.6) is 0 Å². The Kier molecular flexibility index (Phi) is 2.97. The Labute approximate surface area is 90.7 Å². The molecule has 1 aromatic heterocycles. The number of amides is 1. The zero-order valence-corrected chi connectivity index (χ0v) is 8.43. The number of rotatable bonds is 3. The second-order valence-electron chi connectivity index (χ2n) is 3.57. The third-order valence-electron chi connectivity index (χ3n) is 2.62. The minimum atomic E-state index is -0.996. The summed E-state index contributed by atoms with van der Waals surface area (Å²) >= 11 is 0. The molecule has 2 heterocycles. The SMILES string of the molecule is NOC[C@@H]1C[C@H](n2ncnn2)CN1C(=O)O. The Balaban J connectivity index is 2.08. The van der Waals surface area contributed by atoms with E-state index in [0.717, 1.165) is 0 Å². The van der Waals surface area contributed by atoms with Gasteiger partial charge in [0.2, 0.25) is 0 Å². The van der Waals surface area contributed by atoms with Crippen molar-refractivity contribution < 1.29 is 14.7 Å². The molecule has 0 aromatic carbocycles. The highest BCUT2D eigenvalue weighted by atomic mass is 16.6. The monoisotopic (exact) mass is 228 g/mol. The van der Waals surface area contributed by atoms with Crippen molar-refractivity contribution in [3.8, 4) is 0 Å². The van der Waals surface area contributed by atoms with E-state index in [1.54, 1.807) is 0 Å². The molecule has 16 heavy (non-hydrogen) atoms. The van der Waals surface area contributed by atoms with E-state index in [1.165, 1.54) is 16.0 Å². The molecule has 0 spiro atoms. The topological polar surface area (TPSA) is 119 Å². The second kappa shape index (κ2) is 4.41. The molecule has 9 nitrogen and oxygen atoms in total. The van der Waals surface area contributed by atoms with E-state index in [0.29, 0.717) is 13.0 Å². The van der Waals surface area contributed by atoms with Gasteiger partial charge in [-0.25, -0.2) is 10.7 Å². The number of likely N-dealkylation sites (tertiary alicyclic amines) is 1. The van der Waals surface area contributed by atoms with Crippen molar-refractivity contribution in [2.45, 2.75) is 18.5 Å². The fourth-order valence-corrected chi connectivity index (χ4v) is 1.91. The number of hydrogen-bond acceptors (Lipinski definition) is 6. The van der Waals surface area contributed by atoms with Crippen LogP contribution in [0, 0.1) is 0 Å². The molecule has 1 amide bonds. The largest absolute Gasteiger partial charge is 0.465 e. The van der Waals surface area contributed by atoms with E-state index in [1.807, 2.05) is 0 Å². The van der Waals surface area contributed by atoms with Crippen molar-refractivity contribution in [3.05, 3.63) is 6.33 Å². The van der Waals surface area contributed by atoms with Crippen molar-refractivity contribution in [1.29, 1.82) is 0 Å². The summed E-state index contributed by atoms with van der Waals surface area (Å²) in [6.45, 7) is 0.483. The number of hydrogen-bond donors (Lipinski definition) is 2. The van der Waals surface area contributed by atoms with Crippen molar-refractivity contribution in [2.75, 3.05) is 13.2 Å². The molecular weight excluding hydrogens is 216 g/mol. The maximum absolute atomic E-state index is 11.0. The Hall–Kier alpha value is -1.74. The van der Waals surface area contributed by atoms with Crippen LogP contribution in [0.2, 0.25) is 0 Å². The van der Waals surface area contributed by atoms with Gasteiger partial charge in [-0.15, -0.1) is 10.2 Å². The van der Waals surface area contributed by atoms with Gasteiger partial charge < -0.3 is 14.8 Å². The highest BCUT2D eigenvalue weighted by Gasteiger charge is 2.37. The van der Waals surface area contributed by atoms with Crippen molar-refractivity contribution in [2.24, 2.45) is 5.90 Å². The first-order valence-corrected chi connectivity index (χ1v) is 4.76. The first kappa shape index (κ1) is 10.8. The van der Waals surface area contributed by atoms with E-state index in [2.05, 4.69) is 20.2 Å². The van der Waals surface area contributed by atoms with Crippen LogP contribution in [0.1, 0.15) is 12.5 Å². The molecule has 0 unspecified atom stereocenters. The summed E-state index contributed by atoms with van der Waals surface area (Å²) < 4.78 is 0. The predicted molar refractivity (Wildman–Crippen MR) is 50.1 cm³/mol. The van der Waals surface area contributed by atoms with Crippen molar-refractivity contribution in [1.82, 2.24) is 25.1 Å². The average molecular weight is 228 g/mol. The number of carbonyl (C=O) groups is 1. The van der Waals surface area contributed by atoms with Gasteiger partial charge in [0, 0.05) is 6.54 Å². The van der Waals surface area contributed by atoms with Gasteiger partial charge in [0.1, 0.15) is 0 Å². The second-order valence-corrected chi connectivity index (χ2v) is 3.57. The lowest BCUT2D eigenvalue weighted by molar-refractivity contribution is 0.0733. The lowest BCUT2D eigenvalue weighted by Gasteiger charge is -2.19. The third kappa shape index (κ3) is 1.95. The predicted octanol–water partition coefficient (Wildman–Crippen LogP) is -1.14. The lowest BCUT2D eigenvalue weighted by Crippen LogP contribution is -2.38. The first-order valence-electron chi connectivity index (χ1n) is 4.76. The molecule has 0 saturated carbocycles. The molecule has 1 aliphatic heterocycles. The Morgan fingerprint density at radius 2 is 2.50 bits per heavy atom. The van der Waals surface area contributed by atoms with Gasteiger partial charge in [0.05, 0.1) is 18.7 Å². The Bertz CT molecular complexity index is 355. The van der Waals surface area contributed by atoms with Crippen molar-refractivity contribution in [3.63, 3.8) is 0 Å². The minimum Gasteiger partial charge on any atom is -0.465 e. The summed E-state index contributed by atoms with van der Waals surface area (Å²) in [5.74, 6) is 4.96. The number of nitrogens with zero attached hydrogens (tertiary/aromatic N) is 5. The molecule has 9 heteroatoms. The van der Waals surface area contributed by atoms with E-state index >= 15 is 0 Å². The average Bonchev–Trinajstić information content (AvgIpc) is 2.83. The van der Waals surface area contributed by atoms with E-state index in [9.17, 15) is 4.79 Å². The van der Waals surface area contributed by atoms with Crippen LogP contribution in [0.15, 0.2) is 6.33 Å². The summed E-state index contributed by atoms with van der Waals surface area (Å²) in [5.41, 5.74) is 0. The van der Waals surface area contributed by atoms with E-state index in [4.69, 9.17) is 11.0 Å². The zero-order chi connectivity index (χ0) is 11.5. The summed E-state index contributed by atoms with van der Waals surface area (Å²) in [6, 6.07) is -0.378. The molecule has 1 aliphatic rings. The summed E-state index contributed by atoms with van der Waals surface area (Å²) in [7, 11) is 0. The number of nitrogens with two attached hydrogens (primary N) is 1. The van der Waals surface area contributed by atoms with Crippen LogP contribution in [0.3, 0.4) is 0 Å². The van der Waals surface area contributed by atoms with Crippen LogP contribution in [-0.4, -0.2) is 55.5 Å². The van der Waals surface area contributed by atoms with Gasteiger partial charge in [-0.3, -0.25) is 0 Å². The fraction of sp³-hybridized carbons (Fsp3) is 0.714. The number of tetrazole rings is 1. The molecule has 0 bridgehead atoms. The summed E-state index contributed by atoms with van der Waals surface area (Å²) in [6.07, 6.45) is 0.891. The standard InChI is InChI=1S/C7H12N6O3/c8-16-3-6-1-5(2-12(6)7(14)15)13-10-4-9-11-13/h4-6H,1-3,8H2,(H,14,15)/t5-,6-/m0/s1. The van der Waals surface area contributed by atoms with Gasteiger partial charge in [0.25, 0.3) is 0 Å². The minimum absolute atomic E-state index is 0.112. The molecule has 1 aromatic rings. The van der Waals surface area contributed by atoms with Crippen LogP contribution in [0.25, 0.3) is 0 Å². The summed E-state index contributed by atoms with van der Waals surface area (Å²) in [5, 5.41) is 20.2. The normalized spacial score (nSPS) is 24.9. The van der Waals surface area contributed by atoms with Crippen LogP contribution < -0.4 is 5.90 Å². The van der Waals surface area contributed by atoms with Gasteiger partial charge in [0.15, 0.2) is 6.33 Å². The molecule has 1 saturated heterocycles. The fourth-order valence-electron chi connectivity index (χ4n) is 1.91. The zero-order valence-electron chi connectivity index (χ0n) is 8.43. The van der Waals surface area contributed by atoms with Crippen LogP contribution in [0.4, 0.5) is 4.79 Å². The van der Waals surface area contributed by atoms with Crippen LogP contribution in [-0.2, 0) is 4.84 Å². The van der Waals surface area contributed by atoms with Crippen molar-refractivity contribution >= 4 is 6.09 Å². The maximum atomic E-state index is 11.0. The number of aromatic nitrogens is 4. The number of carboxylic acid groups (broad SMARTS) is 1. The Morgan fingerprint density at radius 1 is 1.69 bits per heavy atom. The van der Waals surface area contributed by atoms with Gasteiger partial charge in [-0.1, -0.05) is 0 Å². The molecule has 3 N–H and O–H groups in total. The van der Waals surface area contributed by atoms with Crippen LogP contribution >= 0.6 is 0 Å². The summed E-state index contributed by atoms with van der Waals surface area (Å²) in [4.78, 5) is 18.2. The quantitative estimate of drug-likeness (QED) is 0.627. The Morgan fingerprint density at radius 3 is 3.06 bits per heavy atom. The van der Waals surface area contributed by atoms with Gasteiger partial charge >= 0.3 is 6.09 Å².